The number of allylic oxidation sites excluding steroid dienone is 2. The van der Waals surface area contributed by atoms with Gasteiger partial charge in [-0.1, -0.05) is 20.8 Å². The van der Waals surface area contributed by atoms with Gasteiger partial charge in [-0.25, -0.2) is 4.79 Å². The molecule has 1 rings (SSSR count). The molecule has 0 bridgehead atoms. The van der Waals surface area contributed by atoms with Crippen LogP contribution in [0.25, 0.3) is 0 Å². The van der Waals surface area contributed by atoms with E-state index in [1.807, 2.05) is 20.8 Å². The number of carbonyl (C=O) groups is 2. The lowest BCUT2D eigenvalue weighted by molar-refractivity contribution is -0.112. The highest BCUT2D eigenvalue weighted by atomic mass is 28.4. The Labute approximate surface area is 153 Å². The van der Waals surface area contributed by atoms with Crippen molar-refractivity contribution in [3.63, 3.8) is 0 Å². The van der Waals surface area contributed by atoms with E-state index in [4.69, 9.17) is 9.16 Å². The van der Waals surface area contributed by atoms with Crippen LogP contribution < -0.4 is 0 Å². The van der Waals surface area contributed by atoms with Gasteiger partial charge in [0.2, 0.25) is 0 Å². The second-order valence-electron chi connectivity index (χ2n) is 9.36. The van der Waals surface area contributed by atoms with Gasteiger partial charge >= 0.3 is 6.09 Å². The predicted molar refractivity (Wildman–Crippen MR) is 103 cm³/mol. The lowest BCUT2D eigenvalue weighted by Crippen LogP contribution is -2.46. The smallest absolute Gasteiger partial charge is 0.414 e. The van der Waals surface area contributed by atoms with Crippen LogP contribution in [0.5, 0.6) is 0 Å². The molecule has 0 radical (unpaired) electrons. The van der Waals surface area contributed by atoms with Crippen molar-refractivity contribution in [1.29, 1.82) is 0 Å². The quantitative estimate of drug-likeness (QED) is 0.523. The van der Waals surface area contributed by atoms with Gasteiger partial charge in [0.05, 0.1) is 12.6 Å². The molecule has 0 aromatic rings. The van der Waals surface area contributed by atoms with Crippen molar-refractivity contribution in [2.45, 2.75) is 91.1 Å². The van der Waals surface area contributed by atoms with Gasteiger partial charge in [0, 0.05) is 11.8 Å². The highest BCUT2D eigenvalue weighted by molar-refractivity contribution is 6.74. The second kappa shape index (κ2) is 7.62. The van der Waals surface area contributed by atoms with E-state index in [0.717, 1.165) is 12.1 Å². The Hall–Kier alpha value is -1.14. The van der Waals surface area contributed by atoms with Gasteiger partial charge in [-0.2, -0.15) is 0 Å². The third-order valence-electron chi connectivity index (χ3n) is 4.81. The Bertz CT molecular complexity index is 541. The number of hydrogen-bond donors (Lipinski definition) is 0. The van der Waals surface area contributed by atoms with Crippen molar-refractivity contribution < 1.29 is 18.8 Å². The standard InChI is InChI=1S/C19H35NO4Si/c1-14(21)12-15-10-11-16(13-23-25(8,9)19(5,6)7)20(15)17(22)24-18(2,3)4/h12,16H,10-11,13H2,1-9H3/b15-12+/t16-/m0/s1. The first-order chi connectivity index (χ1) is 11.1. The number of likely N-dealkylation sites (tertiary alicyclic amines) is 1. The van der Waals surface area contributed by atoms with Gasteiger partial charge < -0.3 is 9.16 Å². The van der Waals surface area contributed by atoms with Gasteiger partial charge in [-0.15, -0.1) is 0 Å². The first-order valence-electron chi connectivity index (χ1n) is 9.01. The molecule has 1 aliphatic heterocycles. The number of amides is 1. The predicted octanol–water partition coefficient (Wildman–Crippen LogP) is 4.88. The number of nitrogens with zero attached hydrogens (tertiary/aromatic N) is 1. The average Bonchev–Trinajstić information content (AvgIpc) is 2.75. The van der Waals surface area contributed by atoms with E-state index in [2.05, 4.69) is 33.9 Å². The molecular weight excluding hydrogens is 334 g/mol. The molecule has 0 N–H and O–H groups in total. The molecule has 1 saturated heterocycles. The van der Waals surface area contributed by atoms with Crippen LogP contribution in [0.3, 0.4) is 0 Å². The van der Waals surface area contributed by atoms with Crippen molar-refractivity contribution in [2.24, 2.45) is 0 Å². The van der Waals surface area contributed by atoms with E-state index in [1.165, 1.54) is 13.0 Å². The maximum atomic E-state index is 12.7. The fraction of sp³-hybridized carbons (Fsp3) is 0.789. The third kappa shape index (κ3) is 6.26. The highest BCUT2D eigenvalue weighted by Crippen LogP contribution is 2.38. The number of carbonyl (C=O) groups excluding carboxylic acids is 2. The Morgan fingerprint density at radius 2 is 1.76 bits per heavy atom. The second-order valence-corrected chi connectivity index (χ2v) is 14.2. The van der Waals surface area contributed by atoms with Gasteiger partial charge in [-0.05, 0) is 58.7 Å². The molecule has 0 aromatic heterocycles. The molecule has 0 saturated carbocycles. The molecule has 5 nitrogen and oxygen atoms in total. The average molecular weight is 370 g/mol. The summed E-state index contributed by atoms with van der Waals surface area (Å²) in [5, 5.41) is 0.112. The lowest BCUT2D eigenvalue weighted by atomic mass is 10.2. The zero-order valence-electron chi connectivity index (χ0n) is 17.4. The van der Waals surface area contributed by atoms with Gasteiger partial charge in [0.1, 0.15) is 5.60 Å². The maximum absolute atomic E-state index is 12.7. The number of rotatable bonds is 4. The minimum atomic E-state index is -1.90. The van der Waals surface area contributed by atoms with Crippen molar-refractivity contribution in [2.75, 3.05) is 6.61 Å². The molecule has 1 atom stereocenters. The molecule has 1 aliphatic rings. The minimum absolute atomic E-state index is 0.0606. The monoisotopic (exact) mass is 369 g/mol. The highest BCUT2D eigenvalue weighted by Gasteiger charge is 2.41. The van der Waals surface area contributed by atoms with Crippen LogP contribution in [0.15, 0.2) is 11.8 Å². The summed E-state index contributed by atoms with van der Waals surface area (Å²) in [6.45, 7) is 18.5. The molecule has 0 spiro atoms. The first kappa shape index (κ1) is 21.9. The summed E-state index contributed by atoms with van der Waals surface area (Å²) in [6.07, 6.45) is 2.61. The lowest BCUT2D eigenvalue weighted by Gasteiger charge is -2.38. The van der Waals surface area contributed by atoms with Crippen LogP contribution in [-0.2, 0) is 14.0 Å². The van der Waals surface area contributed by atoms with E-state index < -0.39 is 20.0 Å². The molecule has 1 heterocycles. The topological polar surface area (TPSA) is 55.8 Å². The van der Waals surface area contributed by atoms with Crippen LogP contribution in [-0.4, -0.2) is 43.3 Å². The van der Waals surface area contributed by atoms with Crippen molar-refractivity contribution in [3.05, 3.63) is 11.8 Å². The van der Waals surface area contributed by atoms with Crippen LogP contribution in [0.2, 0.25) is 18.1 Å². The SMILES string of the molecule is CC(=O)/C=C1\CC[C@@H](CO[Si](C)(C)C(C)(C)C)N1C(=O)OC(C)(C)C. The van der Waals surface area contributed by atoms with Gasteiger partial charge in [-0.3, -0.25) is 9.69 Å². The Morgan fingerprint density at radius 3 is 2.20 bits per heavy atom. The summed E-state index contributed by atoms with van der Waals surface area (Å²) >= 11 is 0. The Morgan fingerprint density at radius 1 is 1.20 bits per heavy atom. The van der Waals surface area contributed by atoms with E-state index in [0.29, 0.717) is 13.0 Å². The third-order valence-corrected chi connectivity index (χ3v) is 9.31. The van der Waals surface area contributed by atoms with E-state index in [-0.39, 0.29) is 16.9 Å². The largest absolute Gasteiger partial charge is 0.443 e. The van der Waals surface area contributed by atoms with Gasteiger partial charge in [0.15, 0.2) is 14.1 Å². The summed E-state index contributed by atoms with van der Waals surface area (Å²) in [7, 11) is -1.90. The van der Waals surface area contributed by atoms with Crippen LogP contribution in [0, 0.1) is 0 Å². The summed E-state index contributed by atoms with van der Waals surface area (Å²) in [6, 6.07) is -0.0884. The summed E-state index contributed by atoms with van der Waals surface area (Å²) in [5.74, 6) is -0.0606. The van der Waals surface area contributed by atoms with E-state index >= 15 is 0 Å². The molecule has 144 valence electrons. The summed E-state index contributed by atoms with van der Waals surface area (Å²) in [5.41, 5.74) is 0.150. The summed E-state index contributed by atoms with van der Waals surface area (Å²) in [4.78, 5) is 25.8. The van der Waals surface area contributed by atoms with E-state index in [9.17, 15) is 9.59 Å². The fourth-order valence-electron chi connectivity index (χ4n) is 2.43. The molecule has 0 aliphatic carbocycles. The van der Waals surface area contributed by atoms with E-state index in [1.54, 1.807) is 4.90 Å². The zero-order valence-corrected chi connectivity index (χ0v) is 18.4. The van der Waals surface area contributed by atoms with Gasteiger partial charge in [0.25, 0.3) is 0 Å². The normalized spacial score (nSPS) is 20.9. The van der Waals surface area contributed by atoms with Crippen LogP contribution in [0.4, 0.5) is 4.79 Å². The Kier molecular flexibility index (Phi) is 6.67. The van der Waals surface area contributed by atoms with Crippen molar-refractivity contribution in [1.82, 2.24) is 4.90 Å². The molecule has 0 unspecified atom stereocenters. The number of ether oxygens (including phenoxy) is 1. The minimum Gasteiger partial charge on any atom is -0.443 e. The van der Waals surface area contributed by atoms with Crippen LogP contribution in [0.1, 0.15) is 61.3 Å². The number of hydrogen-bond acceptors (Lipinski definition) is 4. The zero-order chi connectivity index (χ0) is 19.6. The van der Waals surface area contributed by atoms with Crippen molar-refractivity contribution >= 4 is 20.2 Å². The van der Waals surface area contributed by atoms with Crippen molar-refractivity contribution in [3.8, 4) is 0 Å². The first-order valence-corrected chi connectivity index (χ1v) is 11.9. The molecule has 1 fully saturated rings. The molecule has 1 amide bonds. The molecule has 0 aromatic carbocycles. The molecule has 6 heteroatoms. The van der Waals surface area contributed by atoms with Crippen LogP contribution >= 0.6 is 0 Å². The maximum Gasteiger partial charge on any atom is 0.414 e. The Balaban J connectivity index is 2.97. The molecular formula is C19H35NO4Si. The molecule has 25 heavy (non-hydrogen) atoms. The summed E-state index contributed by atoms with van der Waals surface area (Å²) < 4.78 is 11.9. The fourth-order valence-corrected chi connectivity index (χ4v) is 3.47. The number of ketones is 1.